The van der Waals surface area contributed by atoms with Gasteiger partial charge in [0.2, 0.25) is 10.0 Å². The number of aromatic amines is 1. The van der Waals surface area contributed by atoms with Crippen LogP contribution >= 0.6 is 0 Å². The lowest BCUT2D eigenvalue weighted by atomic mass is 10.2. The summed E-state index contributed by atoms with van der Waals surface area (Å²) in [7, 11) is -3.70. The van der Waals surface area contributed by atoms with Crippen LogP contribution in [-0.2, 0) is 16.6 Å². The number of nitrogens with one attached hydrogen (secondary N) is 2. The second-order valence-electron chi connectivity index (χ2n) is 3.78. The van der Waals surface area contributed by atoms with Crippen LogP contribution in [0.25, 0.3) is 0 Å². The van der Waals surface area contributed by atoms with Crippen LogP contribution in [0.15, 0.2) is 15.6 Å². The summed E-state index contributed by atoms with van der Waals surface area (Å²) in [6, 6.07) is 0. The first-order valence-electron chi connectivity index (χ1n) is 5.12. The van der Waals surface area contributed by atoms with Crippen LogP contribution in [0.2, 0.25) is 0 Å². The van der Waals surface area contributed by atoms with Crippen molar-refractivity contribution in [2.75, 3.05) is 5.73 Å². The van der Waals surface area contributed by atoms with Gasteiger partial charge in [-0.1, -0.05) is 5.16 Å². The molecule has 0 amide bonds. The molecule has 4 N–H and O–H groups in total. The second kappa shape index (κ2) is 4.42. The van der Waals surface area contributed by atoms with E-state index in [0.717, 1.165) is 6.20 Å². The van der Waals surface area contributed by atoms with E-state index in [2.05, 4.69) is 20.1 Å². The third-order valence-electron chi connectivity index (χ3n) is 2.54. The van der Waals surface area contributed by atoms with Crippen LogP contribution in [0.3, 0.4) is 0 Å². The third-order valence-corrected chi connectivity index (χ3v) is 3.97. The van der Waals surface area contributed by atoms with E-state index in [0.29, 0.717) is 17.0 Å². The molecule has 0 fully saturated rings. The topological polar surface area (TPSA) is 127 Å². The van der Waals surface area contributed by atoms with Crippen LogP contribution in [0.1, 0.15) is 17.0 Å². The molecule has 9 heteroatoms. The van der Waals surface area contributed by atoms with E-state index in [9.17, 15) is 8.42 Å². The molecule has 0 aliphatic rings. The Bertz CT molecular complexity index is 638. The molecule has 2 rings (SSSR count). The Morgan fingerprint density at radius 2 is 2.22 bits per heavy atom. The highest BCUT2D eigenvalue weighted by molar-refractivity contribution is 7.89. The first-order valence-corrected chi connectivity index (χ1v) is 6.60. The van der Waals surface area contributed by atoms with Crippen LogP contribution in [0.4, 0.5) is 5.82 Å². The minimum Gasteiger partial charge on any atom is -0.383 e. The summed E-state index contributed by atoms with van der Waals surface area (Å²) in [5.74, 6) is 0.580. The van der Waals surface area contributed by atoms with Gasteiger partial charge in [0, 0.05) is 12.1 Å². The SMILES string of the molecule is Cc1noc(C)c1CNS(=O)(=O)c1cn[nH]c1N. The van der Waals surface area contributed by atoms with Gasteiger partial charge in [-0.3, -0.25) is 5.10 Å². The molecule has 18 heavy (non-hydrogen) atoms. The van der Waals surface area contributed by atoms with Crippen molar-refractivity contribution in [3.63, 3.8) is 0 Å². The van der Waals surface area contributed by atoms with Crippen LogP contribution in [0.5, 0.6) is 0 Å². The van der Waals surface area contributed by atoms with Gasteiger partial charge in [0.1, 0.15) is 16.5 Å². The number of nitrogens with two attached hydrogens (primary N) is 1. The number of H-pyrrole nitrogens is 1. The molecule has 0 bridgehead atoms. The largest absolute Gasteiger partial charge is 0.383 e. The predicted molar refractivity (Wildman–Crippen MR) is 63.0 cm³/mol. The molecule has 2 aromatic rings. The Morgan fingerprint density at radius 3 is 2.72 bits per heavy atom. The van der Waals surface area contributed by atoms with Crippen molar-refractivity contribution in [3.8, 4) is 0 Å². The number of anilines is 1. The fraction of sp³-hybridized carbons (Fsp3) is 0.333. The number of aryl methyl sites for hydroxylation is 2. The Hall–Kier alpha value is -1.87. The molecular formula is C9H13N5O3S. The van der Waals surface area contributed by atoms with E-state index >= 15 is 0 Å². The monoisotopic (exact) mass is 271 g/mol. The van der Waals surface area contributed by atoms with Gasteiger partial charge in [-0.05, 0) is 13.8 Å². The number of rotatable bonds is 4. The highest BCUT2D eigenvalue weighted by Crippen LogP contribution is 2.16. The molecule has 2 heterocycles. The second-order valence-corrected chi connectivity index (χ2v) is 5.51. The fourth-order valence-electron chi connectivity index (χ4n) is 1.50. The zero-order chi connectivity index (χ0) is 13.3. The van der Waals surface area contributed by atoms with Crippen molar-refractivity contribution in [1.82, 2.24) is 20.1 Å². The quantitative estimate of drug-likeness (QED) is 0.722. The normalized spacial score (nSPS) is 11.9. The van der Waals surface area contributed by atoms with Crippen molar-refractivity contribution < 1.29 is 12.9 Å². The number of sulfonamides is 1. The Balaban J connectivity index is 2.19. The van der Waals surface area contributed by atoms with Crippen LogP contribution < -0.4 is 10.5 Å². The Kier molecular flexibility index (Phi) is 3.09. The van der Waals surface area contributed by atoms with E-state index < -0.39 is 10.0 Å². The molecule has 0 aliphatic heterocycles. The molecule has 0 aliphatic carbocycles. The van der Waals surface area contributed by atoms with E-state index in [-0.39, 0.29) is 17.3 Å². The summed E-state index contributed by atoms with van der Waals surface area (Å²) in [6.45, 7) is 3.55. The van der Waals surface area contributed by atoms with Gasteiger partial charge < -0.3 is 10.3 Å². The predicted octanol–water partition coefficient (Wildman–Crippen LogP) is 0.0752. The van der Waals surface area contributed by atoms with Crippen LogP contribution in [0, 0.1) is 13.8 Å². The number of nitrogens with zero attached hydrogens (tertiary/aromatic N) is 2. The smallest absolute Gasteiger partial charge is 0.246 e. The number of hydrogen-bond acceptors (Lipinski definition) is 6. The summed E-state index contributed by atoms with van der Waals surface area (Å²) in [5.41, 5.74) is 6.82. The summed E-state index contributed by atoms with van der Waals surface area (Å²) < 4.78 is 31.2. The van der Waals surface area contributed by atoms with Gasteiger partial charge in [-0.25, -0.2) is 13.1 Å². The van der Waals surface area contributed by atoms with Gasteiger partial charge >= 0.3 is 0 Å². The Labute approximate surface area is 104 Å². The van der Waals surface area contributed by atoms with E-state index in [1.165, 1.54) is 0 Å². The maximum absolute atomic E-state index is 11.9. The van der Waals surface area contributed by atoms with Gasteiger partial charge in [0.25, 0.3) is 0 Å². The molecule has 0 unspecified atom stereocenters. The average Bonchev–Trinajstić information content (AvgIpc) is 2.85. The lowest BCUT2D eigenvalue weighted by molar-refractivity contribution is 0.392. The molecule has 0 saturated heterocycles. The van der Waals surface area contributed by atoms with Gasteiger partial charge in [0.15, 0.2) is 0 Å². The van der Waals surface area contributed by atoms with E-state index in [4.69, 9.17) is 10.3 Å². The van der Waals surface area contributed by atoms with Crippen molar-refractivity contribution in [1.29, 1.82) is 0 Å². The molecule has 0 atom stereocenters. The molecule has 2 aromatic heterocycles. The minimum absolute atomic E-state index is 0.00117. The summed E-state index contributed by atoms with van der Waals surface area (Å²) in [5, 5.41) is 9.68. The lowest BCUT2D eigenvalue weighted by Crippen LogP contribution is -2.24. The standard InChI is InChI=1S/C9H13N5O3S/c1-5-7(6(2)17-14-5)3-12-18(15,16)8-4-11-13-9(8)10/h4,12H,3H2,1-2H3,(H3,10,11,13). The molecule has 0 radical (unpaired) electrons. The highest BCUT2D eigenvalue weighted by Gasteiger charge is 2.20. The van der Waals surface area contributed by atoms with Crippen LogP contribution in [-0.4, -0.2) is 23.8 Å². The average molecular weight is 271 g/mol. The summed E-state index contributed by atoms with van der Waals surface area (Å²) in [6.07, 6.45) is 1.16. The first-order chi connectivity index (χ1) is 8.42. The molecule has 0 spiro atoms. The van der Waals surface area contributed by atoms with Crippen molar-refractivity contribution >= 4 is 15.8 Å². The molecule has 0 saturated carbocycles. The summed E-state index contributed by atoms with van der Waals surface area (Å²) >= 11 is 0. The third kappa shape index (κ3) is 2.22. The molecule has 98 valence electrons. The Morgan fingerprint density at radius 1 is 1.50 bits per heavy atom. The molecular weight excluding hydrogens is 258 g/mol. The summed E-state index contributed by atoms with van der Waals surface area (Å²) in [4.78, 5) is -0.0748. The van der Waals surface area contributed by atoms with Gasteiger partial charge in [0.05, 0.1) is 11.9 Å². The number of hydrogen-bond donors (Lipinski definition) is 3. The van der Waals surface area contributed by atoms with E-state index in [1.807, 2.05) is 0 Å². The maximum Gasteiger partial charge on any atom is 0.246 e. The first kappa shape index (κ1) is 12.6. The van der Waals surface area contributed by atoms with Gasteiger partial charge in [-0.2, -0.15) is 5.10 Å². The minimum atomic E-state index is -3.70. The molecule has 8 nitrogen and oxygen atoms in total. The van der Waals surface area contributed by atoms with Gasteiger partial charge in [-0.15, -0.1) is 0 Å². The number of nitrogen functional groups attached to an aromatic ring is 1. The maximum atomic E-state index is 11.9. The zero-order valence-electron chi connectivity index (χ0n) is 9.89. The van der Waals surface area contributed by atoms with E-state index in [1.54, 1.807) is 13.8 Å². The molecule has 0 aromatic carbocycles. The van der Waals surface area contributed by atoms with Crippen molar-refractivity contribution in [3.05, 3.63) is 23.2 Å². The van der Waals surface area contributed by atoms with Crippen molar-refractivity contribution in [2.45, 2.75) is 25.3 Å². The highest BCUT2D eigenvalue weighted by atomic mass is 32.2. The fourth-order valence-corrected chi connectivity index (χ4v) is 2.51. The lowest BCUT2D eigenvalue weighted by Gasteiger charge is -2.04. The van der Waals surface area contributed by atoms with Crippen molar-refractivity contribution in [2.24, 2.45) is 0 Å². The zero-order valence-corrected chi connectivity index (χ0v) is 10.7. The number of aromatic nitrogens is 3.